The predicted molar refractivity (Wildman–Crippen MR) is 138 cm³/mol. The summed E-state index contributed by atoms with van der Waals surface area (Å²) in [6.45, 7) is 9.00. The van der Waals surface area contributed by atoms with E-state index in [1.54, 1.807) is 5.57 Å². The molecule has 0 aromatic carbocycles. The summed E-state index contributed by atoms with van der Waals surface area (Å²) in [5.41, 5.74) is 2.05. The number of carbonyl (C=O) groups is 2. The van der Waals surface area contributed by atoms with Gasteiger partial charge in [-0.3, -0.25) is 9.59 Å². The molecule has 0 spiro atoms. The number of carbonyl (C=O) groups excluding carboxylic acids is 2. The third kappa shape index (κ3) is 5.05. The lowest BCUT2D eigenvalue weighted by Gasteiger charge is -2.58. The Morgan fingerprint density at radius 1 is 0.941 bits per heavy atom. The van der Waals surface area contributed by atoms with Gasteiger partial charge in [-0.2, -0.15) is 0 Å². The quantitative estimate of drug-likeness (QED) is 0.183. The summed E-state index contributed by atoms with van der Waals surface area (Å²) >= 11 is 0. The first-order valence-corrected chi connectivity index (χ1v) is 14.7. The van der Waals surface area contributed by atoms with Crippen molar-refractivity contribution in [2.45, 2.75) is 137 Å². The molecule has 4 aliphatic rings. The molecule has 34 heavy (non-hydrogen) atoms. The van der Waals surface area contributed by atoms with Crippen LogP contribution in [0.2, 0.25) is 0 Å². The normalized spacial score (nSPS) is 38.9. The molecule has 0 aromatic heterocycles. The third-order valence-electron chi connectivity index (χ3n) is 10.8. The summed E-state index contributed by atoms with van der Waals surface area (Å²) in [6, 6.07) is 0. The molecule has 3 fully saturated rings. The molecule has 0 aromatic rings. The summed E-state index contributed by atoms with van der Waals surface area (Å²) in [6.07, 6.45) is 20.9. The van der Waals surface area contributed by atoms with Crippen molar-refractivity contribution in [3.63, 3.8) is 0 Å². The van der Waals surface area contributed by atoms with Gasteiger partial charge in [-0.05, 0) is 86.9 Å². The van der Waals surface area contributed by atoms with Gasteiger partial charge < -0.3 is 4.74 Å². The molecule has 0 aliphatic heterocycles. The van der Waals surface area contributed by atoms with Gasteiger partial charge in [0.1, 0.15) is 11.9 Å². The zero-order chi connectivity index (χ0) is 24.3. The molecule has 3 nitrogen and oxygen atoms in total. The molecule has 192 valence electrons. The number of allylic oxidation sites excluding steroid dienone is 1. The second kappa shape index (κ2) is 10.9. The molecule has 4 rings (SSSR count). The van der Waals surface area contributed by atoms with Crippen LogP contribution in [0.3, 0.4) is 0 Å². The van der Waals surface area contributed by atoms with Crippen LogP contribution in [0, 0.1) is 34.5 Å². The minimum Gasteiger partial charge on any atom is -0.462 e. The maximum atomic E-state index is 12.5. The second-order valence-electron chi connectivity index (χ2n) is 12.8. The Bertz CT molecular complexity index is 769. The molecular formula is C31H50O3. The fourth-order valence-electron chi connectivity index (χ4n) is 8.87. The maximum Gasteiger partial charge on any atom is 0.306 e. The second-order valence-corrected chi connectivity index (χ2v) is 12.8. The van der Waals surface area contributed by atoms with Crippen molar-refractivity contribution in [1.82, 2.24) is 0 Å². The smallest absolute Gasteiger partial charge is 0.306 e. The molecule has 3 heteroatoms. The molecule has 0 radical (unpaired) electrons. The molecule has 3 saturated carbocycles. The Hall–Kier alpha value is -1.12. The number of esters is 1. The topological polar surface area (TPSA) is 43.4 Å². The highest BCUT2D eigenvalue weighted by atomic mass is 16.5. The van der Waals surface area contributed by atoms with E-state index in [0.29, 0.717) is 18.1 Å². The first-order valence-electron chi connectivity index (χ1n) is 14.7. The highest BCUT2D eigenvalue weighted by molar-refractivity contribution is 5.79. The predicted octanol–water partition coefficient (Wildman–Crippen LogP) is 8.21. The number of rotatable bonds is 10. The van der Waals surface area contributed by atoms with Gasteiger partial charge in [-0.25, -0.2) is 0 Å². The summed E-state index contributed by atoms with van der Waals surface area (Å²) in [5, 5.41) is 0. The number of hydrogen-bond acceptors (Lipinski definition) is 3. The van der Waals surface area contributed by atoms with Crippen molar-refractivity contribution in [2.24, 2.45) is 34.5 Å². The van der Waals surface area contributed by atoms with Crippen LogP contribution in [0.25, 0.3) is 0 Å². The van der Waals surface area contributed by atoms with E-state index >= 15 is 0 Å². The van der Waals surface area contributed by atoms with Crippen molar-refractivity contribution in [3.05, 3.63) is 11.6 Å². The van der Waals surface area contributed by atoms with Gasteiger partial charge in [0, 0.05) is 18.8 Å². The molecule has 0 unspecified atom stereocenters. The first-order chi connectivity index (χ1) is 16.3. The molecule has 0 amide bonds. The maximum absolute atomic E-state index is 12.5. The molecule has 0 saturated heterocycles. The third-order valence-corrected chi connectivity index (χ3v) is 10.8. The van der Waals surface area contributed by atoms with E-state index in [4.69, 9.17) is 4.74 Å². The van der Waals surface area contributed by atoms with E-state index in [-0.39, 0.29) is 28.8 Å². The van der Waals surface area contributed by atoms with Crippen molar-refractivity contribution in [2.75, 3.05) is 0 Å². The van der Waals surface area contributed by atoms with Gasteiger partial charge in [-0.15, -0.1) is 0 Å². The van der Waals surface area contributed by atoms with Crippen LogP contribution >= 0.6 is 0 Å². The fourth-order valence-corrected chi connectivity index (χ4v) is 8.87. The van der Waals surface area contributed by atoms with Gasteiger partial charge in [0.15, 0.2) is 0 Å². The number of ether oxygens (including phenoxy) is 1. The summed E-state index contributed by atoms with van der Waals surface area (Å²) in [7, 11) is 0. The van der Waals surface area contributed by atoms with Gasteiger partial charge in [-0.1, -0.05) is 70.9 Å². The first kappa shape index (κ1) is 26.0. The molecule has 7 atom stereocenters. The van der Waals surface area contributed by atoms with Crippen LogP contribution in [-0.4, -0.2) is 17.9 Å². The van der Waals surface area contributed by atoms with Crippen molar-refractivity contribution in [1.29, 1.82) is 0 Å². The lowest BCUT2D eigenvalue weighted by molar-refractivity contribution is -0.151. The van der Waals surface area contributed by atoms with Crippen LogP contribution in [0.4, 0.5) is 0 Å². The largest absolute Gasteiger partial charge is 0.462 e. The van der Waals surface area contributed by atoms with Gasteiger partial charge in [0.05, 0.1) is 0 Å². The standard InChI is InChI=1S/C31H50O3/c1-5-6-7-8-9-10-11-12-29(33)34-24-17-19-30(3)23(21-24)13-14-25-27-16-15-26(22(2)32)31(27,4)20-18-28(25)30/h13,24-28H,5-12,14-21H2,1-4H3/t24-,25-,26+,27-,28-,30-,31+/m0/s1. The highest BCUT2D eigenvalue weighted by Gasteiger charge is 2.59. The van der Waals surface area contributed by atoms with Crippen LogP contribution in [-0.2, 0) is 14.3 Å². The van der Waals surface area contributed by atoms with Crippen molar-refractivity contribution >= 4 is 11.8 Å². The molecule has 0 bridgehead atoms. The Morgan fingerprint density at radius 2 is 1.68 bits per heavy atom. The number of ketones is 1. The lowest BCUT2D eigenvalue weighted by Crippen LogP contribution is -2.51. The van der Waals surface area contributed by atoms with Gasteiger partial charge in [0.25, 0.3) is 0 Å². The average Bonchev–Trinajstić information content (AvgIpc) is 3.16. The Morgan fingerprint density at radius 3 is 2.41 bits per heavy atom. The summed E-state index contributed by atoms with van der Waals surface area (Å²) in [5.74, 6) is 2.89. The zero-order valence-electron chi connectivity index (χ0n) is 22.5. The lowest BCUT2D eigenvalue weighted by atomic mass is 9.47. The number of fused-ring (bicyclic) bond motifs is 5. The van der Waals surface area contributed by atoms with Crippen molar-refractivity contribution in [3.8, 4) is 0 Å². The Kier molecular flexibility index (Phi) is 8.30. The minimum absolute atomic E-state index is 0.0195. The summed E-state index contributed by atoms with van der Waals surface area (Å²) < 4.78 is 5.98. The monoisotopic (exact) mass is 470 g/mol. The molecular weight excluding hydrogens is 420 g/mol. The van der Waals surface area contributed by atoms with Crippen LogP contribution in [0.5, 0.6) is 0 Å². The Labute approximate surface area is 208 Å². The average molecular weight is 471 g/mol. The minimum atomic E-state index is 0.0195. The fraction of sp³-hybridized carbons (Fsp3) is 0.871. The Balaban J connectivity index is 1.30. The van der Waals surface area contributed by atoms with E-state index in [1.165, 1.54) is 57.8 Å². The van der Waals surface area contributed by atoms with E-state index in [0.717, 1.165) is 50.4 Å². The van der Waals surface area contributed by atoms with E-state index in [9.17, 15) is 9.59 Å². The van der Waals surface area contributed by atoms with Gasteiger partial charge >= 0.3 is 5.97 Å². The van der Waals surface area contributed by atoms with Crippen LogP contribution in [0.15, 0.2) is 11.6 Å². The van der Waals surface area contributed by atoms with E-state index in [2.05, 4.69) is 26.8 Å². The number of Topliss-reactive ketones (excluding diaryl/α,β-unsaturated/α-hetero) is 1. The number of unbranched alkanes of at least 4 members (excludes halogenated alkanes) is 6. The molecule has 0 N–H and O–H groups in total. The van der Waals surface area contributed by atoms with E-state index < -0.39 is 0 Å². The summed E-state index contributed by atoms with van der Waals surface area (Å²) in [4.78, 5) is 24.9. The number of hydrogen-bond donors (Lipinski definition) is 0. The van der Waals surface area contributed by atoms with Crippen LogP contribution < -0.4 is 0 Å². The van der Waals surface area contributed by atoms with E-state index in [1.807, 2.05) is 6.92 Å². The van der Waals surface area contributed by atoms with Crippen LogP contribution in [0.1, 0.15) is 130 Å². The molecule has 0 heterocycles. The molecule has 4 aliphatic carbocycles. The van der Waals surface area contributed by atoms with Gasteiger partial charge in [0.2, 0.25) is 0 Å². The highest BCUT2D eigenvalue weighted by Crippen LogP contribution is 2.66. The SMILES string of the molecule is CCCCCCCCCC(=O)O[C@H]1CC[C@@]2(C)C(=CC[C@H]3[C@@H]4CC[C@H](C(C)=O)[C@@]4(C)CC[C@@H]32)C1. The zero-order valence-corrected chi connectivity index (χ0v) is 22.5. The van der Waals surface area contributed by atoms with Crippen molar-refractivity contribution < 1.29 is 14.3 Å².